The topological polar surface area (TPSA) is 120 Å². The van der Waals surface area contributed by atoms with Crippen molar-refractivity contribution >= 4 is 23.0 Å². The molecule has 0 aliphatic carbocycles. The van der Waals surface area contributed by atoms with Gasteiger partial charge in [0.25, 0.3) is 0 Å². The number of imidazole rings is 1. The molecule has 25 heavy (non-hydrogen) atoms. The van der Waals surface area contributed by atoms with Crippen LogP contribution in [0, 0.1) is 5.82 Å². The van der Waals surface area contributed by atoms with E-state index >= 15 is 0 Å². The summed E-state index contributed by atoms with van der Waals surface area (Å²) in [5, 5.41) is 9.09. The zero-order chi connectivity index (χ0) is 18.1. The molecule has 0 atom stereocenters. The van der Waals surface area contributed by atoms with E-state index < -0.39 is 29.9 Å². The molecule has 8 nitrogen and oxygen atoms in total. The average Bonchev–Trinajstić information content (AvgIpc) is 2.81. The lowest BCUT2D eigenvalue weighted by Crippen LogP contribution is -2.30. The van der Waals surface area contributed by atoms with Crippen LogP contribution in [-0.2, 0) is 17.9 Å². The van der Waals surface area contributed by atoms with Gasteiger partial charge in [0.2, 0.25) is 5.91 Å². The van der Waals surface area contributed by atoms with E-state index in [0.29, 0.717) is 5.56 Å². The molecule has 1 aromatic carbocycles. The summed E-state index contributed by atoms with van der Waals surface area (Å²) < 4.78 is 15.4. The number of aromatic carboxylic acids is 1. The fourth-order valence-corrected chi connectivity index (χ4v) is 2.53. The number of benzene rings is 1. The Bertz CT molecular complexity index is 1040. The van der Waals surface area contributed by atoms with E-state index in [9.17, 15) is 18.8 Å². The molecule has 3 N–H and O–H groups in total. The number of carboxylic acids is 1. The molecule has 0 saturated heterocycles. The van der Waals surface area contributed by atoms with Crippen LogP contribution in [0.2, 0.25) is 0 Å². The van der Waals surface area contributed by atoms with Crippen molar-refractivity contribution in [1.29, 1.82) is 0 Å². The predicted octanol–water partition coefficient (Wildman–Crippen LogP) is 0.569. The molecule has 0 bridgehead atoms. The summed E-state index contributed by atoms with van der Waals surface area (Å²) in [6, 6.07) is 6.82. The Morgan fingerprint density at radius 3 is 2.48 bits per heavy atom. The highest BCUT2D eigenvalue weighted by atomic mass is 19.1. The number of carbonyl (C=O) groups is 2. The van der Waals surface area contributed by atoms with E-state index in [1.165, 1.54) is 34.9 Å². The largest absolute Gasteiger partial charge is 0.478 e. The quantitative estimate of drug-likeness (QED) is 0.701. The Kier molecular flexibility index (Phi) is 4.05. The third-order valence-electron chi connectivity index (χ3n) is 3.67. The van der Waals surface area contributed by atoms with Gasteiger partial charge in [0, 0.05) is 6.20 Å². The van der Waals surface area contributed by atoms with Crippen LogP contribution in [0.15, 0.2) is 41.3 Å². The number of nitrogens with two attached hydrogens (primary N) is 1. The highest BCUT2D eigenvalue weighted by Crippen LogP contribution is 2.15. The molecule has 0 aliphatic rings. The number of hydrogen-bond donors (Lipinski definition) is 2. The number of halogens is 1. The van der Waals surface area contributed by atoms with Crippen LogP contribution in [0.25, 0.3) is 11.2 Å². The maximum absolute atomic E-state index is 13.0. The maximum atomic E-state index is 13.0. The Balaban J connectivity index is 2.18. The van der Waals surface area contributed by atoms with E-state index in [1.54, 1.807) is 0 Å². The van der Waals surface area contributed by atoms with Gasteiger partial charge >= 0.3 is 11.7 Å². The third-order valence-corrected chi connectivity index (χ3v) is 3.67. The number of nitrogens with zero attached hydrogens (tertiary/aromatic N) is 3. The smallest absolute Gasteiger partial charge is 0.337 e. The fourth-order valence-electron chi connectivity index (χ4n) is 2.53. The van der Waals surface area contributed by atoms with Gasteiger partial charge in [0.1, 0.15) is 12.4 Å². The first kappa shape index (κ1) is 16.4. The number of hydrogen-bond acceptors (Lipinski definition) is 4. The Labute approximate surface area is 139 Å². The van der Waals surface area contributed by atoms with Crippen molar-refractivity contribution in [3.63, 3.8) is 0 Å². The zero-order valence-electron chi connectivity index (χ0n) is 12.8. The van der Waals surface area contributed by atoms with Crippen LogP contribution in [0.5, 0.6) is 0 Å². The molecule has 128 valence electrons. The molecule has 3 aromatic rings. The summed E-state index contributed by atoms with van der Waals surface area (Å²) in [5.41, 5.74) is 5.53. The summed E-state index contributed by atoms with van der Waals surface area (Å²) in [4.78, 5) is 39.1. The van der Waals surface area contributed by atoms with Gasteiger partial charge in [-0.2, -0.15) is 0 Å². The van der Waals surface area contributed by atoms with Crippen LogP contribution in [0.1, 0.15) is 15.9 Å². The first-order chi connectivity index (χ1) is 11.9. The van der Waals surface area contributed by atoms with Crippen molar-refractivity contribution in [2.45, 2.75) is 13.1 Å². The number of carbonyl (C=O) groups excluding carboxylic acids is 1. The molecule has 0 fully saturated rings. The van der Waals surface area contributed by atoms with Crippen molar-refractivity contribution in [3.8, 4) is 0 Å². The van der Waals surface area contributed by atoms with Crippen molar-refractivity contribution in [3.05, 3.63) is 64.0 Å². The second-order valence-electron chi connectivity index (χ2n) is 5.42. The highest BCUT2D eigenvalue weighted by molar-refractivity contribution is 5.91. The van der Waals surface area contributed by atoms with Crippen molar-refractivity contribution < 1.29 is 19.1 Å². The third kappa shape index (κ3) is 3.11. The monoisotopic (exact) mass is 344 g/mol. The van der Waals surface area contributed by atoms with Crippen molar-refractivity contribution in [2.24, 2.45) is 5.73 Å². The lowest BCUT2D eigenvalue weighted by molar-refractivity contribution is -0.118. The Morgan fingerprint density at radius 2 is 1.88 bits per heavy atom. The van der Waals surface area contributed by atoms with Crippen LogP contribution < -0.4 is 11.4 Å². The summed E-state index contributed by atoms with van der Waals surface area (Å²) in [7, 11) is 0. The summed E-state index contributed by atoms with van der Waals surface area (Å²) in [6.07, 6.45) is 1.12. The lowest BCUT2D eigenvalue weighted by Gasteiger charge is -2.03. The van der Waals surface area contributed by atoms with Gasteiger partial charge in [-0.25, -0.2) is 19.0 Å². The number of carboxylic acid groups (broad SMARTS) is 1. The minimum absolute atomic E-state index is 0.0841. The van der Waals surface area contributed by atoms with Crippen molar-refractivity contribution in [2.75, 3.05) is 0 Å². The second kappa shape index (κ2) is 6.19. The number of aromatic nitrogens is 3. The van der Waals surface area contributed by atoms with E-state index in [2.05, 4.69) is 4.98 Å². The molecule has 2 aromatic heterocycles. The van der Waals surface area contributed by atoms with Gasteiger partial charge in [-0.3, -0.25) is 13.9 Å². The lowest BCUT2D eigenvalue weighted by atomic mass is 10.2. The maximum Gasteiger partial charge on any atom is 0.337 e. The second-order valence-corrected chi connectivity index (χ2v) is 5.42. The number of primary amides is 1. The standard InChI is InChI=1S/C16H13FN4O4/c17-11-3-1-9(2-4-11)7-21-14-12(5-10(6-19-14)15(23)24)20(16(21)25)8-13(18)22/h1-6H,7-8H2,(H2,18,22)(H,23,24). The van der Waals surface area contributed by atoms with Crippen LogP contribution in [0.4, 0.5) is 4.39 Å². The first-order valence-electron chi connectivity index (χ1n) is 7.22. The van der Waals surface area contributed by atoms with Gasteiger partial charge < -0.3 is 10.8 Å². The molecule has 0 radical (unpaired) electrons. The molecule has 1 amide bonds. The Hall–Kier alpha value is -3.49. The molecule has 0 aliphatic heterocycles. The number of amides is 1. The normalized spacial score (nSPS) is 10.9. The van der Waals surface area contributed by atoms with E-state index in [0.717, 1.165) is 10.8 Å². The van der Waals surface area contributed by atoms with Gasteiger partial charge in [-0.15, -0.1) is 0 Å². The van der Waals surface area contributed by atoms with Gasteiger partial charge in [0.15, 0.2) is 5.65 Å². The minimum atomic E-state index is -1.21. The van der Waals surface area contributed by atoms with Gasteiger partial charge in [-0.05, 0) is 23.8 Å². The first-order valence-corrected chi connectivity index (χ1v) is 7.22. The van der Waals surface area contributed by atoms with Crippen LogP contribution >= 0.6 is 0 Å². The summed E-state index contributed by atoms with van der Waals surface area (Å²) >= 11 is 0. The molecule has 2 heterocycles. The highest BCUT2D eigenvalue weighted by Gasteiger charge is 2.18. The minimum Gasteiger partial charge on any atom is -0.478 e. The molecular formula is C16H13FN4O4. The van der Waals surface area contributed by atoms with E-state index in [4.69, 9.17) is 10.8 Å². The van der Waals surface area contributed by atoms with Gasteiger partial charge in [0.05, 0.1) is 17.6 Å². The van der Waals surface area contributed by atoms with E-state index in [1.807, 2.05) is 0 Å². The molecule has 0 saturated carbocycles. The van der Waals surface area contributed by atoms with Gasteiger partial charge in [-0.1, -0.05) is 12.1 Å². The molecule has 0 unspecified atom stereocenters. The fraction of sp³-hybridized carbons (Fsp3) is 0.125. The average molecular weight is 344 g/mol. The molecule has 3 rings (SSSR count). The molecule has 0 spiro atoms. The van der Waals surface area contributed by atoms with E-state index in [-0.39, 0.29) is 23.3 Å². The van der Waals surface area contributed by atoms with Crippen molar-refractivity contribution in [1.82, 2.24) is 14.1 Å². The Morgan fingerprint density at radius 1 is 1.20 bits per heavy atom. The predicted molar refractivity (Wildman–Crippen MR) is 85.6 cm³/mol. The summed E-state index contributed by atoms with van der Waals surface area (Å²) in [6.45, 7) is -0.322. The zero-order valence-corrected chi connectivity index (χ0v) is 12.8. The van der Waals surface area contributed by atoms with Crippen LogP contribution in [-0.4, -0.2) is 31.1 Å². The summed E-state index contributed by atoms with van der Waals surface area (Å²) in [5.74, 6) is -2.36. The number of rotatable bonds is 5. The number of fused-ring (bicyclic) bond motifs is 1. The molecule has 9 heteroatoms. The molecular weight excluding hydrogens is 331 g/mol. The van der Waals surface area contributed by atoms with Crippen LogP contribution in [0.3, 0.4) is 0 Å². The number of pyridine rings is 1. The SMILES string of the molecule is NC(=O)Cn1c(=O)n(Cc2ccc(F)cc2)c2ncc(C(=O)O)cc21.